The maximum atomic E-state index is 11.8. The highest BCUT2D eigenvalue weighted by Gasteiger charge is 2.05. The Morgan fingerprint density at radius 3 is 2.43 bits per heavy atom. The highest BCUT2D eigenvalue weighted by Crippen LogP contribution is 2.18. The molecule has 0 bridgehead atoms. The van der Waals surface area contributed by atoms with E-state index in [9.17, 15) is 9.59 Å². The molecule has 0 aliphatic carbocycles. The molecule has 23 heavy (non-hydrogen) atoms. The molecule has 0 spiro atoms. The van der Waals surface area contributed by atoms with Gasteiger partial charge in [0.15, 0.2) is 5.82 Å². The second-order valence-electron chi connectivity index (χ2n) is 5.25. The number of carbonyl (C=O) groups excluding carboxylic acids is 1. The van der Waals surface area contributed by atoms with Crippen molar-refractivity contribution >= 4 is 17.6 Å². The first-order valence-corrected chi connectivity index (χ1v) is 7.46. The Morgan fingerprint density at radius 2 is 1.78 bits per heavy atom. The van der Waals surface area contributed by atoms with Gasteiger partial charge in [-0.15, -0.1) is 0 Å². The number of anilines is 1. The molecule has 1 aromatic carbocycles. The number of carboxylic acids is 1. The zero-order valence-corrected chi connectivity index (χ0v) is 13.0. The Hall–Kier alpha value is -2.76. The van der Waals surface area contributed by atoms with Gasteiger partial charge in [-0.3, -0.25) is 9.59 Å². The lowest BCUT2D eigenvalue weighted by Crippen LogP contribution is -2.11. The van der Waals surface area contributed by atoms with Crippen molar-refractivity contribution in [2.24, 2.45) is 0 Å². The summed E-state index contributed by atoms with van der Waals surface area (Å²) in [5, 5.41) is 11.3. The number of carboxylic acid groups (broad SMARTS) is 1. The van der Waals surface area contributed by atoms with E-state index in [4.69, 9.17) is 5.11 Å². The number of unbranched alkanes of at least 4 members (excludes halogenated alkanes) is 1. The predicted molar refractivity (Wildman–Crippen MR) is 86.9 cm³/mol. The third-order valence-electron chi connectivity index (χ3n) is 3.27. The molecule has 1 heterocycles. The van der Waals surface area contributed by atoms with Gasteiger partial charge in [-0.05, 0) is 50.1 Å². The average Bonchev–Trinajstić information content (AvgIpc) is 2.52. The Balaban J connectivity index is 1.87. The molecule has 0 fully saturated rings. The van der Waals surface area contributed by atoms with Gasteiger partial charge in [-0.25, -0.2) is 9.97 Å². The Labute approximate surface area is 134 Å². The number of aromatic nitrogens is 2. The van der Waals surface area contributed by atoms with E-state index >= 15 is 0 Å². The average molecular weight is 313 g/mol. The van der Waals surface area contributed by atoms with Crippen molar-refractivity contribution < 1.29 is 14.7 Å². The summed E-state index contributed by atoms with van der Waals surface area (Å²) < 4.78 is 0. The molecule has 2 aromatic rings. The minimum atomic E-state index is -0.834. The van der Waals surface area contributed by atoms with E-state index in [2.05, 4.69) is 15.3 Å². The number of carbonyl (C=O) groups is 2. The van der Waals surface area contributed by atoms with E-state index in [0.717, 1.165) is 11.3 Å². The van der Waals surface area contributed by atoms with Gasteiger partial charge in [0.2, 0.25) is 5.91 Å². The van der Waals surface area contributed by atoms with Crippen molar-refractivity contribution in [1.29, 1.82) is 0 Å². The summed E-state index contributed by atoms with van der Waals surface area (Å²) in [7, 11) is 0. The number of amides is 1. The number of hydrogen-bond acceptors (Lipinski definition) is 4. The van der Waals surface area contributed by atoms with Gasteiger partial charge in [-0.2, -0.15) is 0 Å². The van der Waals surface area contributed by atoms with Gasteiger partial charge in [0, 0.05) is 36.0 Å². The van der Waals surface area contributed by atoms with E-state index in [0.29, 0.717) is 30.8 Å². The van der Waals surface area contributed by atoms with E-state index in [-0.39, 0.29) is 12.3 Å². The van der Waals surface area contributed by atoms with Crippen molar-refractivity contribution in [3.63, 3.8) is 0 Å². The minimum absolute atomic E-state index is 0.0957. The van der Waals surface area contributed by atoms with E-state index in [1.54, 1.807) is 18.3 Å². The number of aliphatic carboxylic acids is 1. The molecule has 0 aliphatic rings. The van der Waals surface area contributed by atoms with Crippen molar-refractivity contribution in [2.75, 3.05) is 5.32 Å². The van der Waals surface area contributed by atoms with Crippen molar-refractivity contribution in [3.8, 4) is 11.4 Å². The van der Waals surface area contributed by atoms with Crippen LogP contribution in [-0.4, -0.2) is 27.0 Å². The normalized spacial score (nSPS) is 10.3. The molecule has 1 amide bonds. The summed E-state index contributed by atoms with van der Waals surface area (Å²) in [6, 6.07) is 9.15. The lowest BCUT2D eigenvalue weighted by molar-refractivity contribution is -0.137. The quantitative estimate of drug-likeness (QED) is 0.766. The molecule has 120 valence electrons. The smallest absolute Gasteiger partial charge is 0.303 e. The molecule has 2 rings (SSSR count). The van der Waals surface area contributed by atoms with Gasteiger partial charge >= 0.3 is 5.97 Å². The summed E-state index contributed by atoms with van der Waals surface area (Å²) in [5.41, 5.74) is 2.48. The standard InChI is InChI=1S/C17H19N3O3/c1-12-10-11-18-17(19-12)13-6-8-14(9-7-13)20-15(21)4-2-3-5-16(22)23/h6-11H,2-5H2,1H3,(H,20,21)(H,22,23). The highest BCUT2D eigenvalue weighted by atomic mass is 16.4. The summed E-state index contributed by atoms with van der Waals surface area (Å²) in [6.45, 7) is 1.91. The van der Waals surface area contributed by atoms with Gasteiger partial charge < -0.3 is 10.4 Å². The molecule has 1 aromatic heterocycles. The van der Waals surface area contributed by atoms with Crippen LogP contribution < -0.4 is 5.32 Å². The van der Waals surface area contributed by atoms with Crippen LogP contribution in [0.2, 0.25) is 0 Å². The van der Waals surface area contributed by atoms with Gasteiger partial charge in [0.25, 0.3) is 0 Å². The van der Waals surface area contributed by atoms with Crippen LogP contribution in [0.3, 0.4) is 0 Å². The zero-order valence-electron chi connectivity index (χ0n) is 13.0. The fourth-order valence-corrected chi connectivity index (χ4v) is 2.08. The van der Waals surface area contributed by atoms with E-state index < -0.39 is 5.97 Å². The summed E-state index contributed by atoms with van der Waals surface area (Å²) in [4.78, 5) is 30.7. The Kier molecular flexibility index (Phi) is 5.80. The molecular formula is C17H19N3O3. The Bertz CT molecular complexity index is 684. The zero-order chi connectivity index (χ0) is 16.7. The maximum Gasteiger partial charge on any atom is 0.303 e. The third-order valence-corrected chi connectivity index (χ3v) is 3.27. The fourth-order valence-electron chi connectivity index (χ4n) is 2.08. The lowest BCUT2D eigenvalue weighted by Gasteiger charge is -2.06. The number of rotatable bonds is 7. The second kappa shape index (κ2) is 8.03. The first-order valence-electron chi connectivity index (χ1n) is 7.46. The number of hydrogen-bond donors (Lipinski definition) is 2. The summed E-state index contributed by atoms with van der Waals surface area (Å²) in [5.74, 6) is -0.300. The first kappa shape index (κ1) is 16.6. The van der Waals surface area contributed by atoms with Crippen molar-refractivity contribution in [3.05, 3.63) is 42.2 Å². The van der Waals surface area contributed by atoms with Crippen LogP contribution in [-0.2, 0) is 9.59 Å². The first-order chi connectivity index (χ1) is 11.0. The number of nitrogens with zero attached hydrogens (tertiary/aromatic N) is 2. The molecule has 0 saturated carbocycles. The van der Waals surface area contributed by atoms with Crippen LogP contribution in [0.4, 0.5) is 5.69 Å². The largest absolute Gasteiger partial charge is 0.481 e. The third kappa shape index (κ3) is 5.50. The van der Waals surface area contributed by atoms with Gasteiger partial charge in [0.05, 0.1) is 0 Å². The van der Waals surface area contributed by atoms with Crippen LogP contribution >= 0.6 is 0 Å². The Morgan fingerprint density at radius 1 is 1.09 bits per heavy atom. The molecule has 6 nitrogen and oxygen atoms in total. The monoisotopic (exact) mass is 313 g/mol. The summed E-state index contributed by atoms with van der Waals surface area (Å²) in [6.07, 6.45) is 3.19. The molecule has 2 N–H and O–H groups in total. The highest BCUT2D eigenvalue weighted by molar-refractivity contribution is 5.90. The van der Waals surface area contributed by atoms with Crippen LogP contribution in [0, 0.1) is 6.92 Å². The minimum Gasteiger partial charge on any atom is -0.481 e. The number of aryl methyl sites for hydroxylation is 1. The second-order valence-corrected chi connectivity index (χ2v) is 5.25. The van der Waals surface area contributed by atoms with Crippen LogP contribution in [0.5, 0.6) is 0 Å². The molecule has 6 heteroatoms. The van der Waals surface area contributed by atoms with Gasteiger partial charge in [-0.1, -0.05) is 0 Å². The van der Waals surface area contributed by atoms with Crippen LogP contribution in [0.1, 0.15) is 31.4 Å². The van der Waals surface area contributed by atoms with Gasteiger partial charge in [0.1, 0.15) is 0 Å². The lowest BCUT2D eigenvalue weighted by atomic mass is 10.1. The molecule has 0 atom stereocenters. The fraction of sp³-hybridized carbons (Fsp3) is 0.294. The molecular weight excluding hydrogens is 294 g/mol. The molecule has 0 aliphatic heterocycles. The number of benzene rings is 1. The topological polar surface area (TPSA) is 92.2 Å². The van der Waals surface area contributed by atoms with Crippen molar-refractivity contribution in [1.82, 2.24) is 9.97 Å². The predicted octanol–water partition coefficient (Wildman–Crippen LogP) is 3.04. The maximum absolute atomic E-state index is 11.8. The molecule has 0 saturated heterocycles. The SMILES string of the molecule is Cc1ccnc(-c2ccc(NC(=O)CCCCC(=O)O)cc2)n1. The van der Waals surface area contributed by atoms with E-state index in [1.807, 2.05) is 25.1 Å². The molecule has 0 radical (unpaired) electrons. The van der Waals surface area contributed by atoms with E-state index in [1.165, 1.54) is 0 Å². The van der Waals surface area contributed by atoms with Crippen LogP contribution in [0.25, 0.3) is 11.4 Å². The molecule has 0 unspecified atom stereocenters. The summed E-state index contributed by atoms with van der Waals surface area (Å²) >= 11 is 0. The number of nitrogens with one attached hydrogen (secondary N) is 1. The van der Waals surface area contributed by atoms with Crippen LogP contribution in [0.15, 0.2) is 36.5 Å². The van der Waals surface area contributed by atoms with Crippen molar-refractivity contribution in [2.45, 2.75) is 32.6 Å².